The van der Waals surface area contributed by atoms with Gasteiger partial charge < -0.3 is 10.5 Å². The lowest BCUT2D eigenvalue weighted by molar-refractivity contribution is 0.0601. The van der Waals surface area contributed by atoms with Gasteiger partial charge in [-0.05, 0) is 17.7 Å². The Balaban J connectivity index is 2.24. The number of hydrogen-bond acceptors (Lipinski definition) is 5. The minimum Gasteiger partial charge on any atom is -0.465 e. The van der Waals surface area contributed by atoms with Crippen molar-refractivity contribution in [2.45, 2.75) is 6.42 Å². The highest BCUT2D eigenvalue weighted by Crippen LogP contribution is 2.23. The number of nitrogen functional groups attached to an aromatic ring is 1. The van der Waals surface area contributed by atoms with E-state index in [9.17, 15) is 4.79 Å². The monoisotopic (exact) mass is 311 g/mol. The summed E-state index contributed by atoms with van der Waals surface area (Å²) in [5.74, 6) is -0.000889. The minimum atomic E-state index is -0.566. The lowest BCUT2D eigenvalue weighted by Crippen LogP contribution is -2.10. The zero-order chi connectivity index (χ0) is 14.7. The van der Waals surface area contributed by atoms with Gasteiger partial charge in [0.1, 0.15) is 17.2 Å². The van der Waals surface area contributed by atoms with E-state index in [1.54, 1.807) is 12.1 Å². The van der Waals surface area contributed by atoms with Crippen LogP contribution in [0.1, 0.15) is 21.7 Å². The average molecular weight is 312 g/mol. The van der Waals surface area contributed by atoms with Crippen LogP contribution in [0.3, 0.4) is 0 Å². The first-order valence-electron chi connectivity index (χ1n) is 5.65. The first kappa shape index (κ1) is 14.6. The Hall–Kier alpha value is -1.85. The van der Waals surface area contributed by atoms with Crippen LogP contribution in [0.4, 0.5) is 5.82 Å². The van der Waals surface area contributed by atoms with Crippen LogP contribution in [-0.4, -0.2) is 23.0 Å². The van der Waals surface area contributed by atoms with Gasteiger partial charge in [-0.25, -0.2) is 14.8 Å². The maximum atomic E-state index is 11.4. The van der Waals surface area contributed by atoms with E-state index in [2.05, 4.69) is 14.7 Å². The van der Waals surface area contributed by atoms with E-state index < -0.39 is 5.97 Å². The lowest BCUT2D eigenvalue weighted by Gasteiger charge is -2.06. The Morgan fingerprint density at radius 2 is 2.10 bits per heavy atom. The summed E-state index contributed by atoms with van der Waals surface area (Å²) in [6, 6.07) is 5.25. The molecule has 0 atom stereocenters. The van der Waals surface area contributed by atoms with Gasteiger partial charge in [0.15, 0.2) is 0 Å². The quantitative estimate of drug-likeness (QED) is 0.882. The fraction of sp³-hybridized carbons (Fsp3) is 0.154. The smallest absolute Gasteiger partial charge is 0.343 e. The van der Waals surface area contributed by atoms with Gasteiger partial charge in [0.25, 0.3) is 0 Å². The van der Waals surface area contributed by atoms with Gasteiger partial charge in [0.2, 0.25) is 0 Å². The Kier molecular flexibility index (Phi) is 4.42. The van der Waals surface area contributed by atoms with Gasteiger partial charge in [-0.3, -0.25) is 0 Å². The topological polar surface area (TPSA) is 78.1 Å². The fourth-order valence-corrected chi connectivity index (χ4v) is 1.94. The van der Waals surface area contributed by atoms with Crippen LogP contribution >= 0.6 is 23.2 Å². The average Bonchev–Trinajstić information content (AvgIpc) is 2.42. The number of anilines is 1. The number of nitrogens with two attached hydrogens (primary N) is 1. The highest BCUT2D eigenvalue weighted by atomic mass is 35.5. The Morgan fingerprint density at radius 1 is 1.35 bits per heavy atom. The van der Waals surface area contributed by atoms with Gasteiger partial charge in [0, 0.05) is 12.6 Å². The molecule has 1 aromatic carbocycles. The number of halogens is 2. The van der Waals surface area contributed by atoms with Crippen molar-refractivity contribution >= 4 is 35.0 Å². The molecular formula is C13H11Cl2N3O2. The van der Waals surface area contributed by atoms with Gasteiger partial charge in [-0.15, -0.1) is 0 Å². The molecule has 2 N–H and O–H groups in total. The predicted molar refractivity (Wildman–Crippen MR) is 77.1 cm³/mol. The van der Waals surface area contributed by atoms with E-state index in [1.807, 2.05) is 6.07 Å². The number of methoxy groups -OCH3 is 1. The number of aromatic nitrogens is 2. The molecule has 7 heteroatoms. The number of esters is 1. The number of ether oxygens (including phenoxy) is 1. The summed E-state index contributed by atoms with van der Waals surface area (Å²) in [5.41, 5.74) is 6.74. The molecule has 0 aliphatic rings. The molecule has 0 saturated heterocycles. The van der Waals surface area contributed by atoms with Crippen molar-refractivity contribution < 1.29 is 9.53 Å². The van der Waals surface area contributed by atoms with Crippen molar-refractivity contribution in [2.24, 2.45) is 0 Å². The summed E-state index contributed by atoms with van der Waals surface area (Å²) in [6.07, 6.45) is 1.78. The number of carbonyl (C=O) groups excluding carboxylic acids is 1. The van der Waals surface area contributed by atoms with Crippen molar-refractivity contribution in [3.8, 4) is 0 Å². The van der Waals surface area contributed by atoms with E-state index in [-0.39, 0.29) is 11.4 Å². The third-order valence-corrected chi connectivity index (χ3v) is 3.36. The molecule has 0 fully saturated rings. The van der Waals surface area contributed by atoms with Crippen molar-refractivity contribution in [1.29, 1.82) is 0 Å². The molecule has 0 aliphatic heterocycles. The maximum absolute atomic E-state index is 11.4. The lowest BCUT2D eigenvalue weighted by atomic mass is 10.1. The summed E-state index contributed by atoms with van der Waals surface area (Å²) < 4.78 is 4.57. The van der Waals surface area contributed by atoms with Crippen LogP contribution in [0, 0.1) is 0 Å². The molecule has 0 radical (unpaired) electrons. The molecule has 1 heterocycles. The second kappa shape index (κ2) is 6.07. The third kappa shape index (κ3) is 3.18. The van der Waals surface area contributed by atoms with Crippen LogP contribution in [0.25, 0.3) is 0 Å². The molecule has 2 aromatic rings. The van der Waals surface area contributed by atoms with Crippen LogP contribution in [-0.2, 0) is 11.2 Å². The molecule has 0 spiro atoms. The molecule has 20 heavy (non-hydrogen) atoms. The summed E-state index contributed by atoms with van der Waals surface area (Å²) >= 11 is 11.8. The maximum Gasteiger partial charge on any atom is 0.343 e. The van der Waals surface area contributed by atoms with Crippen molar-refractivity contribution in [2.75, 3.05) is 12.8 Å². The van der Waals surface area contributed by atoms with E-state index in [1.165, 1.54) is 13.3 Å². The molecule has 0 unspecified atom stereocenters. The van der Waals surface area contributed by atoms with E-state index in [4.69, 9.17) is 28.9 Å². The van der Waals surface area contributed by atoms with Gasteiger partial charge in [0.05, 0.1) is 17.2 Å². The van der Waals surface area contributed by atoms with Crippen LogP contribution in [0.15, 0.2) is 24.4 Å². The van der Waals surface area contributed by atoms with Crippen molar-refractivity contribution in [3.05, 3.63) is 51.4 Å². The number of rotatable bonds is 3. The Labute approximate surface area is 125 Å². The largest absolute Gasteiger partial charge is 0.465 e. The molecule has 1 aromatic heterocycles. The SMILES string of the molecule is COC(=O)c1cnc(Cc2ccc(Cl)c(Cl)c2)nc1N. The zero-order valence-electron chi connectivity index (χ0n) is 10.6. The summed E-state index contributed by atoms with van der Waals surface area (Å²) in [7, 11) is 1.27. The molecule has 2 rings (SSSR count). The van der Waals surface area contributed by atoms with Gasteiger partial charge in [-0.2, -0.15) is 0 Å². The Morgan fingerprint density at radius 3 is 2.70 bits per heavy atom. The predicted octanol–water partition coefficient (Wildman–Crippen LogP) is 2.74. The van der Waals surface area contributed by atoms with E-state index >= 15 is 0 Å². The summed E-state index contributed by atoms with van der Waals surface area (Å²) in [4.78, 5) is 19.5. The first-order chi connectivity index (χ1) is 9.51. The summed E-state index contributed by atoms with van der Waals surface area (Å²) in [6.45, 7) is 0. The van der Waals surface area contributed by atoms with Crippen LogP contribution < -0.4 is 5.73 Å². The molecular weight excluding hydrogens is 301 g/mol. The number of hydrogen-bond donors (Lipinski definition) is 1. The molecule has 0 bridgehead atoms. The minimum absolute atomic E-state index is 0.0851. The van der Waals surface area contributed by atoms with Gasteiger partial charge >= 0.3 is 5.97 Å². The number of benzene rings is 1. The van der Waals surface area contributed by atoms with E-state index in [0.29, 0.717) is 22.3 Å². The second-order valence-electron chi connectivity index (χ2n) is 4.00. The molecule has 0 saturated carbocycles. The van der Waals surface area contributed by atoms with Crippen LogP contribution in [0.2, 0.25) is 10.0 Å². The standard InChI is InChI=1S/C13H11Cl2N3O2/c1-20-13(19)8-6-17-11(18-12(8)16)5-7-2-3-9(14)10(15)4-7/h2-4,6H,5H2,1H3,(H2,16,17,18). The number of carbonyl (C=O) groups is 1. The third-order valence-electron chi connectivity index (χ3n) is 2.62. The zero-order valence-corrected chi connectivity index (χ0v) is 12.1. The van der Waals surface area contributed by atoms with E-state index in [0.717, 1.165) is 5.56 Å². The highest BCUT2D eigenvalue weighted by molar-refractivity contribution is 6.42. The second-order valence-corrected chi connectivity index (χ2v) is 4.82. The first-order valence-corrected chi connectivity index (χ1v) is 6.40. The molecule has 104 valence electrons. The molecule has 0 aliphatic carbocycles. The van der Waals surface area contributed by atoms with Crippen molar-refractivity contribution in [1.82, 2.24) is 9.97 Å². The summed E-state index contributed by atoms with van der Waals surface area (Å²) in [5, 5.41) is 0.945. The fourth-order valence-electron chi connectivity index (χ4n) is 1.62. The van der Waals surface area contributed by atoms with Gasteiger partial charge in [-0.1, -0.05) is 29.3 Å². The molecule has 5 nitrogen and oxygen atoms in total. The number of nitrogens with zero attached hydrogens (tertiary/aromatic N) is 2. The highest BCUT2D eigenvalue weighted by Gasteiger charge is 2.13. The van der Waals surface area contributed by atoms with Crippen LogP contribution in [0.5, 0.6) is 0 Å². The Bertz CT molecular complexity index is 662. The molecule has 0 amide bonds. The van der Waals surface area contributed by atoms with Crippen molar-refractivity contribution in [3.63, 3.8) is 0 Å². The normalized spacial score (nSPS) is 10.3.